The van der Waals surface area contributed by atoms with Crippen LogP contribution in [0, 0.1) is 13.8 Å². The quantitative estimate of drug-likeness (QED) is 0.811. The van der Waals surface area contributed by atoms with Crippen molar-refractivity contribution in [3.8, 4) is 0 Å². The lowest BCUT2D eigenvalue weighted by atomic mass is 10.2. The van der Waals surface area contributed by atoms with Gasteiger partial charge in [-0.05, 0) is 31.5 Å². The van der Waals surface area contributed by atoms with Crippen LogP contribution >= 0.6 is 0 Å². The summed E-state index contributed by atoms with van der Waals surface area (Å²) in [6.07, 6.45) is 1.84. The van der Waals surface area contributed by atoms with Gasteiger partial charge in [-0.1, -0.05) is 12.1 Å². The number of hydrogen-bond donors (Lipinski definition) is 1. The van der Waals surface area contributed by atoms with Crippen molar-refractivity contribution < 1.29 is 0 Å². The van der Waals surface area contributed by atoms with Crippen LogP contribution in [0.4, 0.5) is 17.2 Å². The summed E-state index contributed by atoms with van der Waals surface area (Å²) >= 11 is 0. The molecule has 0 aliphatic carbocycles. The van der Waals surface area contributed by atoms with Crippen LogP contribution in [-0.2, 0) is 0 Å². The van der Waals surface area contributed by atoms with E-state index in [0.717, 1.165) is 29.7 Å². The number of benzene rings is 1. The smallest absolute Gasteiger partial charge is 0.161 e. The zero-order chi connectivity index (χ0) is 11.8. The Morgan fingerprint density at radius 2 is 2.18 bits per heavy atom. The van der Waals surface area contributed by atoms with Crippen LogP contribution in [0.5, 0.6) is 0 Å². The van der Waals surface area contributed by atoms with E-state index in [1.807, 2.05) is 13.1 Å². The minimum Gasteiger partial charge on any atom is -0.363 e. The van der Waals surface area contributed by atoms with Crippen molar-refractivity contribution in [2.75, 3.05) is 16.9 Å². The molecule has 4 heteroatoms. The van der Waals surface area contributed by atoms with Gasteiger partial charge in [0, 0.05) is 5.69 Å². The van der Waals surface area contributed by atoms with Crippen molar-refractivity contribution in [1.29, 1.82) is 0 Å². The van der Waals surface area contributed by atoms with E-state index in [1.165, 1.54) is 5.56 Å². The number of nitrogens with zero attached hydrogens (tertiary/aromatic N) is 3. The van der Waals surface area contributed by atoms with Crippen molar-refractivity contribution >= 4 is 17.2 Å². The first-order valence-electron chi connectivity index (χ1n) is 5.66. The molecule has 1 aromatic heterocycles. The summed E-state index contributed by atoms with van der Waals surface area (Å²) in [6, 6.07) is 8.42. The van der Waals surface area contributed by atoms with Crippen LogP contribution in [0.3, 0.4) is 0 Å². The summed E-state index contributed by atoms with van der Waals surface area (Å²) in [5, 5.41) is 3.30. The average molecular weight is 226 g/mol. The Morgan fingerprint density at radius 3 is 3.00 bits per heavy atom. The summed E-state index contributed by atoms with van der Waals surface area (Å²) in [4.78, 5) is 10.9. The zero-order valence-electron chi connectivity index (χ0n) is 9.94. The van der Waals surface area contributed by atoms with Gasteiger partial charge >= 0.3 is 0 Å². The third-order valence-electron chi connectivity index (χ3n) is 2.89. The van der Waals surface area contributed by atoms with Gasteiger partial charge in [-0.3, -0.25) is 0 Å². The number of nitrogens with one attached hydrogen (secondary N) is 1. The minimum atomic E-state index is 0.747. The molecule has 0 saturated heterocycles. The zero-order valence-corrected chi connectivity index (χ0v) is 9.94. The maximum absolute atomic E-state index is 4.49. The molecule has 3 rings (SSSR count). The van der Waals surface area contributed by atoms with Gasteiger partial charge in [0.25, 0.3) is 0 Å². The third-order valence-corrected chi connectivity index (χ3v) is 2.89. The Labute approximate surface area is 100 Å². The normalized spacial score (nSPS) is 13.4. The number of aromatic nitrogens is 2. The van der Waals surface area contributed by atoms with E-state index < -0.39 is 0 Å². The van der Waals surface area contributed by atoms with Crippen LogP contribution < -0.4 is 10.2 Å². The van der Waals surface area contributed by atoms with Crippen molar-refractivity contribution in [2.45, 2.75) is 13.8 Å². The molecule has 0 saturated carbocycles. The van der Waals surface area contributed by atoms with Crippen LogP contribution in [-0.4, -0.2) is 16.6 Å². The molecule has 1 aliphatic rings. The van der Waals surface area contributed by atoms with Crippen molar-refractivity contribution in [3.05, 3.63) is 41.9 Å². The summed E-state index contributed by atoms with van der Waals surface area (Å²) in [7, 11) is 0. The molecule has 0 radical (unpaired) electrons. The Morgan fingerprint density at radius 1 is 1.29 bits per heavy atom. The second-order valence-electron chi connectivity index (χ2n) is 4.26. The lowest BCUT2D eigenvalue weighted by molar-refractivity contribution is 1.02. The number of rotatable bonds is 1. The predicted molar refractivity (Wildman–Crippen MR) is 68.6 cm³/mol. The van der Waals surface area contributed by atoms with Crippen molar-refractivity contribution in [3.63, 3.8) is 0 Å². The van der Waals surface area contributed by atoms with E-state index in [1.54, 1.807) is 0 Å². The van der Waals surface area contributed by atoms with E-state index in [9.17, 15) is 0 Å². The topological polar surface area (TPSA) is 41.0 Å². The second kappa shape index (κ2) is 3.73. The summed E-state index contributed by atoms with van der Waals surface area (Å²) in [5.74, 6) is 1.76. The van der Waals surface area contributed by atoms with Gasteiger partial charge in [-0.25, -0.2) is 9.97 Å². The maximum atomic E-state index is 4.49. The number of aryl methyl sites for hydroxylation is 2. The fraction of sp³-hybridized carbons (Fsp3) is 0.231. The molecule has 0 amide bonds. The molecule has 4 nitrogen and oxygen atoms in total. The third kappa shape index (κ3) is 1.71. The molecule has 0 bridgehead atoms. The molecule has 0 spiro atoms. The monoisotopic (exact) mass is 226 g/mol. The van der Waals surface area contributed by atoms with E-state index in [-0.39, 0.29) is 0 Å². The van der Waals surface area contributed by atoms with Gasteiger partial charge in [-0.2, -0.15) is 0 Å². The maximum Gasteiger partial charge on any atom is 0.161 e. The second-order valence-corrected chi connectivity index (χ2v) is 4.26. The molecular formula is C13H14N4. The highest BCUT2D eigenvalue weighted by molar-refractivity contribution is 5.77. The van der Waals surface area contributed by atoms with Crippen molar-refractivity contribution in [2.24, 2.45) is 0 Å². The van der Waals surface area contributed by atoms with Gasteiger partial charge in [0.2, 0.25) is 0 Å². The van der Waals surface area contributed by atoms with E-state index >= 15 is 0 Å². The molecule has 1 aromatic carbocycles. The lowest BCUT2D eigenvalue weighted by Gasteiger charge is -2.17. The molecule has 86 valence electrons. The fourth-order valence-electron chi connectivity index (χ4n) is 2.04. The number of anilines is 3. The summed E-state index contributed by atoms with van der Waals surface area (Å²) in [6.45, 7) is 4.75. The molecule has 17 heavy (non-hydrogen) atoms. The molecule has 0 unspecified atom stereocenters. The Hall–Kier alpha value is -2.10. The predicted octanol–water partition coefficient (Wildman–Crippen LogP) is 2.61. The Balaban J connectivity index is 2.06. The van der Waals surface area contributed by atoms with Crippen LogP contribution in [0.15, 0.2) is 30.5 Å². The Kier molecular flexibility index (Phi) is 2.21. The first-order valence-corrected chi connectivity index (χ1v) is 5.66. The molecule has 2 heterocycles. The molecule has 0 atom stereocenters. The molecule has 2 aromatic rings. The van der Waals surface area contributed by atoms with Crippen molar-refractivity contribution in [1.82, 2.24) is 9.97 Å². The number of hydrogen-bond acceptors (Lipinski definition) is 4. The Bertz CT molecular complexity index is 565. The highest BCUT2D eigenvalue weighted by atomic mass is 15.3. The highest BCUT2D eigenvalue weighted by Gasteiger charge is 2.21. The molecule has 0 fully saturated rings. The summed E-state index contributed by atoms with van der Waals surface area (Å²) in [5.41, 5.74) is 3.41. The SMILES string of the molecule is Cc1cccc(N2CNc3cnc(C)nc32)c1. The largest absolute Gasteiger partial charge is 0.363 e. The lowest BCUT2D eigenvalue weighted by Crippen LogP contribution is -2.17. The van der Waals surface area contributed by atoms with Gasteiger partial charge in [0.15, 0.2) is 5.82 Å². The summed E-state index contributed by atoms with van der Waals surface area (Å²) < 4.78 is 0. The molecule has 1 N–H and O–H groups in total. The van der Waals surface area contributed by atoms with Gasteiger partial charge in [0.1, 0.15) is 5.82 Å². The fourth-order valence-corrected chi connectivity index (χ4v) is 2.04. The average Bonchev–Trinajstić information content (AvgIpc) is 2.71. The first-order chi connectivity index (χ1) is 8.24. The minimum absolute atomic E-state index is 0.747. The van der Waals surface area contributed by atoms with Crippen LogP contribution in [0.25, 0.3) is 0 Å². The van der Waals surface area contributed by atoms with E-state index in [2.05, 4.69) is 51.4 Å². The standard InChI is InChI=1S/C13H14N4/c1-9-4-3-5-11(6-9)17-8-15-12-7-14-10(2)16-13(12)17/h3-7,15H,8H2,1-2H3. The van der Waals surface area contributed by atoms with Gasteiger partial charge in [-0.15, -0.1) is 0 Å². The highest BCUT2D eigenvalue weighted by Crippen LogP contribution is 2.34. The molecular weight excluding hydrogens is 212 g/mol. The first kappa shape index (κ1) is 10.1. The van der Waals surface area contributed by atoms with E-state index in [0.29, 0.717) is 0 Å². The van der Waals surface area contributed by atoms with Gasteiger partial charge in [0.05, 0.1) is 18.6 Å². The van der Waals surface area contributed by atoms with E-state index in [4.69, 9.17) is 0 Å². The van der Waals surface area contributed by atoms with Gasteiger partial charge < -0.3 is 10.2 Å². The number of fused-ring (bicyclic) bond motifs is 1. The van der Waals surface area contributed by atoms with Crippen LogP contribution in [0.2, 0.25) is 0 Å². The molecule has 1 aliphatic heterocycles. The van der Waals surface area contributed by atoms with Crippen LogP contribution in [0.1, 0.15) is 11.4 Å².